The van der Waals surface area contributed by atoms with Crippen LogP contribution in [0, 0.1) is 5.92 Å². The van der Waals surface area contributed by atoms with Gasteiger partial charge in [-0.1, -0.05) is 19.3 Å². The van der Waals surface area contributed by atoms with Gasteiger partial charge in [0.25, 0.3) is 0 Å². The maximum atomic E-state index is 2.42. The smallest absolute Gasteiger partial charge is 0.142 e. The van der Waals surface area contributed by atoms with E-state index in [0.29, 0.717) is 0 Å². The van der Waals surface area contributed by atoms with E-state index in [1.165, 1.54) is 32.1 Å². The maximum absolute atomic E-state index is 2.42. The molecule has 1 aliphatic rings. The minimum absolute atomic E-state index is 0.883. The second-order valence-corrected chi connectivity index (χ2v) is 3.62. The molecular weight excluding hydrogens is 134 g/mol. The van der Waals surface area contributed by atoms with Gasteiger partial charge in [-0.25, -0.2) is 4.58 Å². The first-order chi connectivity index (χ1) is 5.33. The predicted octanol–water partition coefficient (Wildman–Crippen LogP) is 2.30. The van der Waals surface area contributed by atoms with Gasteiger partial charge < -0.3 is 0 Å². The topological polar surface area (TPSA) is 3.01 Å². The number of hydrogen-bond donors (Lipinski definition) is 0. The Bertz CT molecular complexity index is 132. The van der Waals surface area contributed by atoms with Gasteiger partial charge in [-0.2, -0.15) is 0 Å². The molecule has 0 bridgehead atoms. The molecule has 0 radical (unpaired) electrons. The second kappa shape index (κ2) is 4.53. The van der Waals surface area contributed by atoms with Crippen LogP contribution in [0.1, 0.15) is 39.0 Å². The highest BCUT2D eigenvalue weighted by atomic mass is 14.9. The van der Waals surface area contributed by atoms with E-state index >= 15 is 0 Å². The van der Waals surface area contributed by atoms with Gasteiger partial charge in [0.05, 0.1) is 0 Å². The largest absolute Gasteiger partial charge is 0.242 e. The molecule has 0 N–H and O–H groups in total. The third-order valence-electron chi connectivity index (χ3n) is 2.61. The van der Waals surface area contributed by atoms with Gasteiger partial charge in [0.1, 0.15) is 19.8 Å². The highest BCUT2D eigenvalue weighted by molar-refractivity contribution is 5.55. The first kappa shape index (κ1) is 8.76. The third kappa shape index (κ3) is 3.04. The number of rotatable bonds is 2. The lowest BCUT2D eigenvalue weighted by atomic mass is 9.90. The highest BCUT2D eigenvalue weighted by Gasteiger charge is 2.13. The average Bonchev–Trinajstić information content (AvgIpc) is 2.06. The molecule has 1 saturated carbocycles. The summed E-state index contributed by atoms with van der Waals surface area (Å²) in [6.07, 6.45) is 9.60. The summed E-state index contributed by atoms with van der Waals surface area (Å²) in [7, 11) is 2.18. The summed E-state index contributed by atoms with van der Waals surface area (Å²) in [5, 5.41) is 0. The SMILES string of the molecule is CC/[N+](C)=C\C1CCCCC1. The van der Waals surface area contributed by atoms with Gasteiger partial charge in [-0.15, -0.1) is 0 Å². The Labute approximate surface area is 70.1 Å². The molecule has 0 aromatic rings. The van der Waals surface area contributed by atoms with Crippen molar-refractivity contribution in [2.45, 2.75) is 39.0 Å². The molecule has 0 aliphatic heterocycles. The van der Waals surface area contributed by atoms with Crippen LogP contribution in [0.2, 0.25) is 0 Å². The zero-order chi connectivity index (χ0) is 8.10. The molecule has 1 fully saturated rings. The molecule has 64 valence electrons. The zero-order valence-electron chi connectivity index (χ0n) is 7.84. The van der Waals surface area contributed by atoms with E-state index in [1.807, 2.05) is 0 Å². The van der Waals surface area contributed by atoms with Crippen molar-refractivity contribution in [3.8, 4) is 0 Å². The molecule has 0 heterocycles. The minimum Gasteiger partial charge on any atom is -0.242 e. The van der Waals surface area contributed by atoms with Crippen molar-refractivity contribution >= 4 is 6.21 Å². The number of hydrogen-bond acceptors (Lipinski definition) is 0. The van der Waals surface area contributed by atoms with Gasteiger partial charge in [0, 0.05) is 5.92 Å². The van der Waals surface area contributed by atoms with E-state index in [0.717, 1.165) is 12.5 Å². The molecule has 1 rings (SSSR count). The lowest BCUT2D eigenvalue weighted by molar-refractivity contribution is -0.490. The van der Waals surface area contributed by atoms with Gasteiger partial charge in [0.2, 0.25) is 0 Å². The molecule has 1 nitrogen and oxygen atoms in total. The molecule has 0 spiro atoms. The van der Waals surface area contributed by atoms with Crippen molar-refractivity contribution in [2.24, 2.45) is 5.92 Å². The molecule has 1 heteroatoms. The van der Waals surface area contributed by atoms with Crippen LogP contribution in [0.4, 0.5) is 0 Å². The van der Waals surface area contributed by atoms with E-state index in [4.69, 9.17) is 0 Å². The van der Waals surface area contributed by atoms with Crippen molar-refractivity contribution in [1.29, 1.82) is 0 Å². The van der Waals surface area contributed by atoms with E-state index in [9.17, 15) is 0 Å². The third-order valence-corrected chi connectivity index (χ3v) is 2.61. The van der Waals surface area contributed by atoms with Crippen LogP contribution in [-0.2, 0) is 0 Å². The molecule has 1 aliphatic carbocycles. The van der Waals surface area contributed by atoms with Crippen LogP contribution in [-0.4, -0.2) is 24.4 Å². The van der Waals surface area contributed by atoms with Crippen LogP contribution in [0.5, 0.6) is 0 Å². The van der Waals surface area contributed by atoms with Gasteiger partial charge in [-0.3, -0.25) is 0 Å². The molecular formula is C10H20N+. The Kier molecular flexibility index (Phi) is 3.61. The fraction of sp³-hybridized carbons (Fsp3) is 0.900. The first-order valence-electron chi connectivity index (χ1n) is 4.88. The molecule has 0 aromatic carbocycles. The summed E-state index contributed by atoms with van der Waals surface area (Å²) in [6.45, 7) is 3.36. The van der Waals surface area contributed by atoms with E-state index < -0.39 is 0 Å². The van der Waals surface area contributed by atoms with Crippen LogP contribution in [0.25, 0.3) is 0 Å². The normalized spacial score (nSPS) is 22.2. The quantitative estimate of drug-likeness (QED) is 0.424. The van der Waals surface area contributed by atoms with Crippen molar-refractivity contribution in [2.75, 3.05) is 13.6 Å². The van der Waals surface area contributed by atoms with Crippen LogP contribution < -0.4 is 0 Å². The summed E-state index contributed by atoms with van der Waals surface area (Å²) in [5.74, 6) is 0.883. The monoisotopic (exact) mass is 154 g/mol. The Morgan fingerprint density at radius 1 is 1.27 bits per heavy atom. The molecule has 0 aromatic heterocycles. The summed E-state index contributed by atoms with van der Waals surface area (Å²) in [5.41, 5.74) is 0. The van der Waals surface area contributed by atoms with Gasteiger partial charge in [-0.05, 0) is 19.8 Å². The van der Waals surface area contributed by atoms with Crippen molar-refractivity contribution in [1.82, 2.24) is 0 Å². The standard InChI is InChI=1S/C10H20N/c1-3-11(2)9-10-7-5-4-6-8-10/h9-10H,3-8H2,1-2H3/q+1/b11-9-. The van der Waals surface area contributed by atoms with E-state index in [1.54, 1.807) is 0 Å². The molecule has 0 unspecified atom stereocenters. The molecule has 0 saturated heterocycles. The van der Waals surface area contributed by atoms with Gasteiger partial charge in [0.15, 0.2) is 0 Å². The maximum Gasteiger partial charge on any atom is 0.142 e. The lowest BCUT2D eigenvalue weighted by Crippen LogP contribution is -2.15. The van der Waals surface area contributed by atoms with Crippen LogP contribution in [0.3, 0.4) is 0 Å². The summed E-state index contributed by atoms with van der Waals surface area (Å²) < 4.78 is 2.32. The van der Waals surface area contributed by atoms with E-state index in [2.05, 4.69) is 24.8 Å². The van der Waals surface area contributed by atoms with Crippen molar-refractivity contribution in [3.63, 3.8) is 0 Å². The number of nitrogens with zero attached hydrogens (tertiary/aromatic N) is 1. The minimum atomic E-state index is 0.883. The lowest BCUT2D eigenvalue weighted by Gasteiger charge is -2.15. The van der Waals surface area contributed by atoms with Crippen molar-refractivity contribution in [3.05, 3.63) is 0 Å². The summed E-state index contributed by atoms with van der Waals surface area (Å²) >= 11 is 0. The molecule has 11 heavy (non-hydrogen) atoms. The van der Waals surface area contributed by atoms with Crippen molar-refractivity contribution < 1.29 is 4.58 Å². The predicted molar refractivity (Wildman–Crippen MR) is 49.4 cm³/mol. The highest BCUT2D eigenvalue weighted by Crippen LogP contribution is 2.21. The van der Waals surface area contributed by atoms with Gasteiger partial charge >= 0.3 is 0 Å². The fourth-order valence-electron chi connectivity index (χ4n) is 1.75. The summed E-state index contributed by atoms with van der Waals surface area (Å²) in [4.78, 5) is 0. The Morgan fingerprint density at radius 2 is 1.91 bits per heavy atom. The Morgan fingerprint density at radius 3 is 2.45 bits per heavy atom. The molecule has 0 amide bonds. The van der Waals surface area contributed by atoms with Crippen LogP contribution in [0.15, 0.2) is 0 Å². The zero-order valence-corrected chi connectivity index (χ0v) is 7.84. The Hall–Kier alpha value is -0.330. The Balaban J connectivity index is 2.34. The van der Waals surface area contributed by atoms with E-state index in [-0.39, 0.29) is 0 Å². The fourth-order valence-corrected chi connectivity index (χ4v) is 1.75. The second-order valence-electron chi connectivity index (χ2n) is 3.62. The van der Waals surface area contributed by atoms with Crippen LogP contribution >= 0.6 is 0 Å². The summed E-state index contributed by atoms with van der Waals surface area (Å²) in [6, 6.07) is 0. The average molecular weight is 154 g/mol. The molecule has 0 atom stereocenters. The first-order valence-corrected chi connectivity index (χ1v) is 4.88.